The summed E-state index contributed by atoms with van der Waals surface area (Å²) < 4.78 is 76.0. The first kappa shape index (κ1) is 17.2. The van der Waals surface area contributed by atoms with Gasteiger partial charge in [-0.1, -0.05) is 0 Å². The van der Waals surface area contributed by atoms with Crippen LogP contribution in [0.5, 0.6) is 0 Å². The summed E-state index contributed by atoms with van der Waals surface area (Å²) >= 11 is 3.06. The second kappa shape index (κ2) is 6.27. The van der Waals surface area contributed by atoms with Gasteiger partial charge in [0, 0.05) is 28.8 Å². The van der Waals surface area contributed by atoms with Gasteiger partial charge in [0.05, 0.1) is 0 Å². The zero-order chi connectivity index (χ0) is 15.6. The van der Waals surface area contributed by atoms with Crippen molar-refractivity contribution in [2.45, 2.75) is 24.8 Å². The van der Waals surface area contributed by atoms with E-state index < -0.39 is 30.7 Å². The Balaban J connectivity index is 3.00. The Labute approximate surface area is 118 Å². The third kappa shape index (κ3) is 4.60. The molecule has 0 fully saturated rings. The van der Waals surface area contributed by atoms with Crippen molar-refractivity contribution in [3.05, 3.63) is 28.5 Å². The summed E-state index contributed by atoms with van der Waals surface area (Å²) in [5.74, 6) is 1.29. The molecule has 1 aromatic rings. The van der Waals surface area contributed by atoms with E-state index >= 15 is 0 Å². The smallest absolute Gasteiger partial charge is 0.271 e. The van der Waals surface area contributed by atoms with Crippen molar-refractivity contribution in [2.75, 3.05) is 0 Å². The van der Waals surface area contributed by atoms with E-state index in [2.05, 4.69) is 20.9 Å². The van der Waals surface area contributed by atoms with Gasteiger partial charge in [0.25, 0.3) is 0 Å². The van der Waals surface area contributed by atoms with Gasteiger partial charge in [0.2, 0.25) is 0 Å². The number of hydrogen-bond acceptors (Lipinski definition) is 3. The molecule has 0 aliphatic heterocycles. The first-order valence-corrected chi connectivity index (χ1v) is 6.05. The maximum atomic E-state index is 12.6. The number of pyridine rings is 1. The lowest BCUT2D eigenvalue weighted by Gasteiger charge is -2.30. The Morgan fingerprint density at radius 2 is 1.70 bits per heavy atom. The van der Waals surface area contributed by atoms with Crippen LogP contribution in [0.4, 0.5) is 26.3 Å². The number of hydrogen-bond donors (Lipinski definition) is 2. The minimum absolute atomic E-state index is 0.0645. The van der Waals surface area contributed by atoms with Crippen LogP contribution in [0.3, 0.4) is 0 Å². The molecule has 10 heteroatoms. The summed E-state index contributed by atoms with van der Waals surface area (Å²) in [5.41, 5.74) is 1.65. The van der Waals surface area contributed by atoms with E-state index in [1.807, 2.05) is 0 Å². The number of nitrogens with zero attached hydrogens (tertiary/aromatic N) is 1. The number of nitrogens with one attached hydrogen (secondary N) is 1. The van der Waals surface area contributed by atoms with Crippen LogP contribution in [-0.2, 0) is 6.42 Å². The van der Waals surface area contributed by atoms with Crippen molar-refractivity contribution < 1.29 is 26.3 Å². The van der Waals surface area contributed by atoms with E-state index in [0.717, 1.165) is 0 Å². The van der Waals surface area contributed by atoms with Crippen LogP contribution in [0.1, 0.15) is 5.69 Å². The quantitative estimate of drug-likeness (QED) is 0.490. The highest BCUT2D eigenvalue weighted by molar-refractivity contribution is 9.10. The van der Waals surface area contributed by atoms with Crippen LogP contribution in [-0.4, -0.2) is 23.4 Å². The SMILES string of the molecule is NNC(Cc1ccc(Br)cn1)C(C(F)(F)F)C(F)(F)F. The first-order chi connectivity index (χ1) is 9.05. The third-order valence-corrected chi connectivity index (χ3v) is 3.01. The highest BCUT2D eigenvalue weighted by atomic mass is 79.9. The summed E-state index contributed by atoms with van der Waals surface area (Å²) in [6.07, 6.45) is -10.2. The number of alkyl halides is 6. The molecule has 0 aliphatic rings. The number of aromatic nitrogens is 1. The molecule has 1 heterocycles. The summed E-state index contributed by atoms with van der Waals surface area (Å²) in [6.45, 7) is 0. The monoisotopic (exact) mass is 365 g/mol. The number of nitrogens with two attached hydrogens (primary N) is 1. The summed E-state index contributed by atoms with van der Waals surface area (Å²) in [6, 6.07) is 0.730. The molecule has 0 spiro atoms. The Bertz CT molecular complexity index is 416. The maximum Gasteiger partial charge on any atom is 0.402 e. The van der Waals surface area contributed by atoms with Crippen LogP contribution in [0.15, 0.2) is 22.8 Å². The Morgan fingerprint density at radius 3 is 2.05 bits per heavy atom. The van der Waals surface area contributed by atoms with E-state index in [-0.39, 0.29) is 5.69 Å². The highest BCUT2D eigenvalue weighted by Crippen LogP contribution is 2.41. The van der Waals surface area contributed by atoms with Crippen LogP contribution >= 0.6 is 15.9 Å². The minimum Gasteiger partial charge on any atom is -0.271 e. The maximum absolute atomic E-state index is 12.6. The van der Waals surface area contributed by atoms with Gasteiger partial charge in [-0.25, -0.2) is 0 Å². The number of halogens is 7. The number of rotatable bonds is 4. The van der Waals surface area contributed by atoms with Crippen molar-refractivity contribution in [3.63, 3.8) is 0 Å². The number of hydrazine groups is 1. The van der Waals surface area contributed by atoms with Crippen LogP contribution in [0, 0.1) is 5.92 Å². The van der Waals surface area contributed by atoms with Gasteiger partial charge in [-0.3, -0.25) is 16.3 Å². The fraction of sp³-hybridized carbons (Fsp3) is 0.500. The van der Waals surface area contributed by atoms with E-state index in [1.165, 1.54) is 18.3 Å². The van der Waals surface area contributed by atoms with E-state index in [4.69, 9.17) is 5.84 Å². The van der Waals surface area contributed by atoms with Gasteiger partial charge in [-0.05, 0) is 28.1 Å². The largest absolute Gasteiger partial charge is 0.402 e. The van der Waals surface area contributed by atoms with Crippen molar-refractivity contribution >= 4 is 15.9 Å². The molecule has 0 saturated carbocycles. The van der Waals surface area contributed by atoms with Crippen molar-refractivity contribution in [1.29, 1.82) is 0 Å². The van der Waals surface area contributed by atoms with E-state index in [1.54, 1.807) is 5.43 Å². The van der Waals surface area contributed by atoms with Gasteiger partial charge in [0.1, 0.15) is 0 Å². The lowest BCUT2D eigenvalue weighted by atomic mass is 9.94. The molecule has 3 nitrogen and oxygen atoms in total. The summed E-state index contributed by atoms with van der Waals surface area (Å²) in [7, 11) is 0. The minimum atomic E-state index is -5.45. The van der Waals surface area contributed by atoms with Crippen LogP contribution in [0.25, 0.3) is 0 Å². The second-order valence-electron chi connectivity index (χ2n) is 4.01. The Kier molecular flexibility index (Phi) is 5.39. The normalized spacial score (nSPS) is 14.7. The molecule has 1 atom stereocenters. The molecule has 1 aromatic heterocycles. The average Bonchev–Trinajstić information content (AvgIpc) is 2.27. The Morgan fingerprint density at radius 1 is 1.15 bits per heavy atom. The fourth-order valence-electron chi connectivity index (χ4n) is 1.67. The van der Waals surface area contributed by atoms with Gasteiger partial charge in [-0.15, -0.1) is 0 Å². The van der Waals surface area contributed by atoms with Gasteiger partial charge >= 0.3 is 12.4 Å². The highest BCUT2D eigenvalue weighted by Gasteiger charge is 2.60. The lowest BCUT2D eigenvalue weighted by molar-refractivity contribution is -0.291. The molecule has 0 saturated heterocycles. The molecule has 0 aromatic carbocycles. The molecule has 3 N–H and O–H groups in total. The molecular formula is C10H10BrF6N3. The van der Waals surface area contributed by atoms with E-state index in [0.29, 0.717) is 4.47 Å². The molecule has 0 radical (unpaired) electrons. The Hall–Kier alpha value is -0.870. The van der Waals surface area contributed by atoms with Crippen molar-refractivity contribution in [2.24, 2.45) is 11.8 Å². The average molecular weight is 366 g/mol. The molecule has 20 heavy (non-hydrogen) atoms. The fourth-order valence-corrected chi connectivity index (χ4v) is 1.90. The molecule has 0 aliphatic carbocycles. The van der Waals surface area contributed by atoms with Gasteiger partial charge < -0.3 is 0 Å². The summed E-state index contributed by atoms with van der Waals surface area (Å²) in [5, 5.41) is 0. The third-order valence-electron chi connectivity index (χ3n) is 2.54. The molecule has 1 rings (SSSR count). The zero-order valence-electron chi connectivity index (χ0n) is 9.76. The molecule has 1 unspecified atom stereocenters. The predicted octanol–water partition coefficient (Wildman–Crippen LogP) is 2.96. The standard InChI is InChI=1S/C10H10BrF6N3/c11-5-1-2-6(19-4-5)3-7(20-18)8(9(12,13)14)10(15,16)17/h1-2,4,7-8,20H,3,18H2. The van der Waals surface area contributed by atoms with Crippen molar-refractivity contribution in [1.82, 2.24) is 10.4 Å². The molecule has 0 amide bonds. The van der Waals surface area contributed by atoms with Crippen LogP contribution in [0.2, 0.25) is 0 Å². The zero-order valence-corrected chi connectivity index (χ0v) is 11.4. The van der Waals surface area contributed by atoms with Crippen molar-refractivity contribution in [3.8, 4) is 0 Å². The predicted molar refractivity (Wildman–Crippen MR) is 62.4 cm³/mol. The summed E-state index contributed by atoms with van der Waals surface area (Å²) in [4.78, 5) is 3.74. The van der Waals surface area contributed by atoms with Crippen LogP contribution < -0.4 is 11.3 Å². The van der Waals surface area contributed by atoms with E-state index in [9.17, 15) is 26.3 Å². The molecule has 114 valence electrons. The topological polar surface area (TPSA) is 50.9 Å². The molecule has 0 bridgehead atoms. The first-order valence-electron chi connectivity index (χ1n) is 5.25. The van der Waals surface area contributed by atoms with Gasteiger partial charge in [-0.2, -0.15) is 26.3 Å². The lowest BCUT2D eigenvalue weighted by Crippen LogP contribution is -2.54. The second-order valence-corrected chi connectivity index (χ2v) is 4.92. The van der Waals surface area contributed by atoms with Gasteiger partial charge in [0.15, 0.2) is 5.92 Å². The molecular weight excluding hydrogens is 356 g/mol.